The number of hydrogen-bond donors (Lipinski definition) is 0. The van der Waals surface area contributed by atoms with Crippen molar-refractivity contribution in [1.82, 2.24) is 0 Å². The average molecular weight is 283 g/mol. The van der Waals surface area contributed by atoms with E-state index >= 15 is 0 Å². The summed E-state index contributed by atoms with van der Waals surface area (Å²) in [6.45, 7) is 4.29. The molecule has 19 heavy (non-hydrogen) atoms. The van der Waals surface area contributed by atoms with Crippen LogP contribution in [0.2, 0.25) is 5.02 Å². The zero-order valence-corrected chi connectivity index (χ0v) is 12.1. The van der Waals surface area contributed by atoms with Gasteiger partial charge in [-0.05, 0) is 37.1 Å². The van der Waals surface area contributed by atoms with Gasteiger partial charge in [0.2, 0.25) is 0 Å². The van der Waals surface area contributed by atoms with Crippen molar-refractivity contribution in [2.75, 3.05) is 6.61 Å². The molecule has 0 radical (unpaired) electrons. The predicted octanol–water partition coefficient (Wildman–Crippen LogP) is 3.95. The number of ether oxygens (including phenoxy) is 1. The quantitative estimate of drug-likeness (QED) is 0.432. The number of halogens is 1. The van der Waals surface area contributed by atoms with E-state index in [-0.39, 0.29) is 24.6 Å². The summed E-state index contributed by atoms with van der Waals surface area (Å²) >= 11 is 5.83. The Balaban J connectivity index is 2.45. The van der Waals surface area contributed by atoms with E-state index in [4.69, 9.17) is 16.3 Å². The van der Waals surface area contributed by atoms with E-state index in [0.717, 1.165) is 18.4 Å². The highest BCUT2D eigenvalue weighted by atomic mass is 35.5. The second kappa shape index (κ2) is 7.95. The topological polar surface area (TPSA) is 43.4 Å². The molecule has 0 amide bonds. The van der Waals surface area contributed by atoms with Crippen molar-refractivity contribution < 1.29 is 14.3 Å². The van der Waals surface area contributed by atoms with Gasteiger partial charge in [0.05, 0.1) is 13.0 Å². The third-order valence-electron chi connectivity index (χ3n) is 2.81. The Bertz CT molecular complexity index is 455. The summed E-state index contributed by atoms with van der Waals surface area (Å²) in [4.78, 5) is 23.4. The highest BCUT2D eigenvalue weighted by molar-refractivity contribution is 6.30. The maximum atomic E-state index is 12.0. The number of aryl methyl sites for hydroxylation is 1. The molecule has 0 heterocycles. The van der Waals surface area contributed by atoms with Gasteiger partial charge >= 0.3 is 5.97 Å². The molecule has 0 unspecified atom stereocenters. The zero-order valence-electron chi connectivity index (χ0n) is 11.4. The van der Waals surface area contributed by atoms with Crippen molar-refractivity contribution in [1.29, 1.82) is 0 Å². The maximum absolute atomic E-state index is 12.0. The molecule has 104 valence electrons. The van der Waals surface area contributed by atoms with Gasteiger partial charge in [0, 0.05) is 17.0 Å². The van der Waals surface area contributed by atoms with Crippen LogP contribution in [0.15, 0.2) is 18.2 Å². The molecule has 1 aromatic carbocycles. The molecule has 1 aromatic rings. The van der Waals surface area contributed by atoms with E-state index in [1.54, 1.807) is 18.2 Å². The molecule has 0 spiro atoms. The maximum Gasteiger partial charge on any atom is 0.306 e. The number of hydrogen-bond acceptors (Lipinski definition) is 3. The first-order chi connectivity index (χ1) is 9.04. The number of rotatable bonds is 7. The third-order valence-corrected chi connectivity index (χ3v) is 3.04. The van der Waals surface area contributed by atoms with Crippen molar-refractivity contribution in [2.24, 2.45) is 0 Å². The van der Waals surface area contributed by atoms with Crippen LogP contribution < -0.4 is 0 Å². The van der Waals surface area contributed by atoms with Crippen LogP contribution in [0.4, 0.5) is 0 Å². The second-order valence-corrected chi connectivity index (χ2v) is 4.89. The van der Waals surface area contributed by atoms with Gasteiger partial charge in [0.1, 0.15) is 0 Å². The molecule has 3 nitrogen and oxygen atoms in total. The van der Waals surface area contributed by atoms with Gasteiger partial charge in [-0.1, -0.05) is 24.9 Å². The molecular formula is C15H19ClO3. The third kappa shape index (κ3) is 5.43. The van der Waals surface area contributed by atoms with E-state index in [1.807, 2.05) is 13.8 Å². The Morgan fingerprint density at radius 1 is 1.26 bits per heavy atom. The van der Waals surface area contributed by atoms with Crippen molar-refractivity contribution in [3.63, 3.8) is 0 Å². The molecule has 0 saturated carbocycles. The zero-order chi connectivity index (χ0) is 14.3. The van der Waals surface area contributed by atoms with Crippen molar-refractivity contribution in [3.05, 3.63) is 34.3 Å². The monoisotopic (exact) mass is 282 g/mol. The summed E-state index contributed by atoms with van der Waals surface area (Å²) in [7, 11) is 0. The molecule has 1 rings (SSSR count). The summed E-state index contributed by atoms with van der Waals surface area (Å²) in [5, 5.41) is 0.605. The highest BCUT2D eigenvalue weighted by Gasteiger charge is 2.12. The minimum Gasteiger partial charge on any atom is -0.466 e. The molecule has 0 aromatic heterocycles. The number of carbonyl (C=O) groups excluding carboxylic acids is 2. The molecule has 0 fully saturated rings. The molecular weight excluding hydrogens is 264 g/mol. The number of unbranched alkanes of at least 4 members (excludes halogenated alkanes) is 1. The Labute approximate surface area is 118 Å². The summed E-state index contributed by atoms with van der Waals surface area (Å²) < 4.78 is 5.01. The first-order valence-electron chi connectivity index (χ1n) is 6.49. The summed E-state index contributed by atoms with van der Waals surface area (Å²) in [5.41, 5.74) is 1.45. The molecule has 0 aliphatic rings. The lowest BCUT2D eigenvalue weighted by Gasteiger charge is -2.06. The van der Waals surface area contributed by atoms with Crippen LogP contribution >= 0.6 is 11.6 Å². The first-order valence-corrected chi connectivity index (χ1v) is 6.87. The number of Topliss-reactive ketones (excluding diaryl/α,β-unsaturated/α-hetero) is 1. The van der Waals surface area contributed by atoms with Crippen molar-refractivity contribution in [2.45, 2.75) is 39.5 Å². The van der Waals surface area contributed by atoms with Gasteiger partial charge in [-0.2, -0.15) is 0 Å². The lowest BCUT2D eigenvalue weighted by molar-refractivity contribution is -0.143. The van der Waals surface area contributed by atoms with E-state index < -0.39 is 0 Å². The average Bonchev–Trinajstić information content (AvgIpc) is 2.36. The fourth-order valence-corrected chi connectivity index (χ4v) is 1.92. The van der Waals surface area contributed by atoms with Gasteiger partial charge < -0.3 is 4.74 Å². The van der Waals surface area contributed by atoms with Gasteiger partial charge in [0.15, 0.2) is 5.78 Å². The van der Waals surface area contributed by atoms with E-state index in [0.29, 0.717) is 17.2 Å². The Morgan fingerprint density at radius 3 is 2.63 bits per heavy atom. The van der Waals surface area contributed by atoms with Crippen LogP contribution in [0.5, 0.6) is 0 Å². The number of benzene rings is 1. The highest BCUT2D eigenvalue weighted by Crippen LogP contribution is 2.17. The minimum atomic E-state index is -0.312. The van der Waals surface area contributed by atoms with Gasteiger partial charge in [0.25, 0.3) is 0 Å². The van der Waals surface area contributed by atoms with Crippen molar-refractivity contribution in [3.8, 4) is 0 Å². The number of esters is 1. The van der Waals surface area contributed by atoms with Gasteiger partial charge in [-0.15, -0.1) is 0 Å². The second-order valence-electron chi connectivity index (χ2n) is 4.46. The fourth-order valence-electron chi connectivity index (χ4n) is 1.69. The fraction of sp³-hybridized carbons (Fsp3) is 0.467. The number of ketones is 1. The summed E-state index contributed by atoms with van der Waals surface area (Å²) in [6, 6.07) is 5.12. The molecule has 0 saturated heterocycles. The largest absolute Gasteiger partial charge is 0.466 e. The summed E-state index contributed by atoms with van der Waals surface area (Å²) in [5.74, 6) is -0.366. The molecule has 0 aliphatic carbocycles. The molecule has 0 bridgehead atoms. The van der Waals surface area contributed by atoms with Crippen LogP contribution in [0.25, 0.3) is 0 Å². The molecule has 4 heteroatoms. The number of carbonyl (C=O) groups is 2. The SMILES string of the molecule is CCCCOC(=O)CCC(=O)c1ccc(Cl)cc1C. The molecule has 0 N–H and O–H groups in total. The van der Waals surface area contributed by atoms with E-state index in [2.05, 4.69) is 0 Å². The first kappa shape index (κ1) is 15.7. The van der Waals surface area contributed by atoms with Gasteiger partial charge in [-0.3, -0.25) is 9.59 Å². The lowest BCUT2D eigenvalue weighted by Crippen LogP contribution is -2.09. The normalized spacial score (nSPS) is 10.3. The molecule has 0 aliphatic heterocycles. The van der Waals surface area contributed by atoms with Crippen LogP contribution in [0.3, 0.4) is 0 Å². The van der Waals surface area contributed by atoms with E-state index in [9.17, 15) is 9.59 Å². The summed E-state index contributed by atoms with van der Waals surface area (Å²) in [6.07, 6.45) is 2.14. The molecule has 0 atom stereocenters. The van der Waals surface area contributed by atoms with Gasteiger partial charge in [-0.25, -0.2) is 0 Å². The van der Waals surface area contributed by atoms with E-state index in [1.165, 1.54) is 0 Å². The Kier molecular flexibility index (Phi) is 6.57. The van der Waals surface area contributed by atoms with Crippen molar-refractivity contribution >= 4 is 23.4 Å². The lowest BCUT2D eigenvalue weighted by atomic mass is 10.0. The Morgan fingerprint density at radius 2 is 2.00 bits per heavy atom. The van der Waals surface area contributed by atoms with Crippen LogP contribution in [0, 0.1) is 6.92 Å². The Hall–Kier alpha value is -1.35. The minimum absolute atomic E-state index is 0.0541. The van der Waals surface area contributed by atoms with Crippen LogP contribution in [0.1, 0.15) is 48.5 Å². The standard InChI is InChI=1S/C15H19ClO3/c1-3-4-9-19-15(18)8-7-14(17)13-6-5-12(16)10-11(13)2/h5-6,10H,3-4,7-9H2,1-2H3. The smallest absolute Gasteiger partial charge is 0.306 e. The van der Waals surface area contributed by atoms with Crippen LogP contribution in [-0.2, 0) is 9.53 Å². The van der Waals surface area contributed by atoms with Crippen LogP contribution in [-0.4, -0.2) is 18.4 Å². The predicted molar refractivity (Wildman–Crippen MR) is 75.6 cm³/mol.